The number of nitrogens with one attached hydrogen (secondary N) is 1. The second-order valence-electron chi connectivity index (χ2n) is 6.85. The first-order valence-electron chi connectivity index (χ1n) is 8.45. The molecule has 1 aliphatic heterocycles. The molecule has 0 radical (unpaired) electrons. The smallest absolute Gasteiger partial charge is 0.254 e. The molecule has 1 atom stereocenters. The Morgan fingerprint density at radius 3 is 2.67 bits per heavy atom. The fourth-order valence-electron chi connectivity index (χ4n) is 3.25. The first kappa shape index (κ1) is 16.6. The topological polar surface area (TPSA) is 82.1 Å². The van der Waals surface area contributed by atoms with E-state index in [0.717, 1.165) is 30.7 Å². The average molecular weight is 328 g/mol. The molecule has 3 rings (SSSR count). The van der Waals surface area contributed by atoms with Gasteiger partial charge < -0.3 is 10.0 Å². The number of aromatic nitrogens is 3. The minimum Gasteiger partial charge on any atom is -0.388 e. The van der Waals surface area contributed by atoms with Crippen LogP contribution in [0.4, 0.5) is 0 Å². The quantitative estimate of drug-likeness (QED) is 0.903. The molecule has 6 nitrogen and oxygen atoms in total. The van der Waals surface area contributed by atoms with Crippen LogP contribution < -0.4 is 0 Å². The summed E-state index contributed by atoms with van der Waals surface area (Å²) in [6, 6.07) is 7.21. The van der Waals surface area contributed by atoms with E-state index in [1.54, 1.807) is 30.9 Å². The fraction of sp³-hybridized carbons (Fsp3) is 0.500. The SMILES string of the molecule is CCc1nc(-c2ccc(C(=O)N3CCCC3C(C)(C)O)cc2)n[nH]1. The van der Waals surface area contributed by atoms with Crippen LogP contribution in [0.5, 0.6) is 0 Å². The minimum absolute atomic E-state index is 0.0320. The van der Waals surface area contributed by atoms with Crippen molar-refractivity contribution in [1.82, 2.24) is 20.1 Å². The van der Waals surface area contributed by atoms with Gasteiger partial charge in [0.1, 0.15) is 5.82 Å². The minimum atomic E-state index is -0.887. The number of aromatic amines is 1. The molecule has 1 saturated heterocycles. The fourth-order valence-corrected chi connectivity index (χ4v) is 3.25. The van der Waals surface area contributed by atoms with E-state index in [4.69, 9.17) is 0 Å². The van der Waals surface area contributed by atoms with Gasteiger partial charge >= 0.3 is 0 Å². The lowest BCUT2D eigenvalue weighted by atomic mass is 9.96. The molecule has 0 saturated carbocycles. The maximum absolute atomic E-state index is 12.8. The van der Waals surface area contributed by atoms with Crippen LogP contribution in [0.3, 0.4) is 0 Å². The van der Waals surface area contributed by atoms with Gasteiger partial charge in [0.2, 0.25) is 0 Å². The predicted molar refractivity (Wildman–Crippen MR) is 91.6 cm³/mol. The molecule has 1 aliphatic rings. The van der Waals surface area contributed by atoms with Crippen molar-refractivity contribution in [3.05, 3.63) is 35.7 Å². The highest BCUT2D eigenvalue weighted by molar-refractivity contribution is 5.95. The number of H-pyrrole nitrogens is 1. The first-order chi connectivity index (χ1) is 11.4. The Balaban J connectivity index is 1.79. The number of carbonyl (C=O) groups excluding carboxylic acids is 1. The Bertz CT molecular complexity index is 715. The van der Waals surface area contributed by atoms with Crippen LogP contribution in [0.1, 0.15) is 49.8 Å². The number of hydrogen-bond acceptors (Lipinski definition) is 4. The standard InChI is InChI=1S/C18H24N4O2/c1-4-15-19-16(21-20-15)12-7-9-13(10-8-12)17(23)22-11-5-6-14(22)18(2,3)24/h7-10,14,24H,4-6,11H2,1-3H3,(H,19,20,21). The van der Waals surface area contributed by atoms with Gasteiger partial charge in [-0.25, -0.2) is 4.98 Å². The molecule has 1 fully saturated rings. The Morgan fingerprint density at radius 1 is 1.38 bits per heavy atom. The van der Waals surface area contributed by atoms with E-state index in [2.05, 4.69) is 15.2 Å². The number of benzene rings is 1. The van der Waals surface area contributed by atoms with Gasteiger partial charge in [0.25, 0.3) is 5.91 Å². The van der Waals surface area contributed by atoms with Gasteiger partial charge in [-0.2, -0.15) is 5.10 Å². The number of aliphatic hydroxyl groups is 1. The zero-order valence-electron chi connectivity index (χ0n) is 14.4. The van der Waals surface area contributed by atoms with Crippen LogP contribution in [0, 0.1) is 0 Å². The average Bonchev–Trinajstić information content (AvgIpc) is 3.23. The van der Waals surface area contributed by atoms with Crippen molar-refractivity contribution in [2.75, 3.05) is 6.54 Å². The molecule has 0 aliphatic carbocycles. The molecule has 2 aromatic rings. The molecule has 1 aromatic heterocycles. The predicted octanol–water partition coefficient (Wildman–Crippen LogP) is 2.41. The normalized spacial score (nSPS) is 18.2. The van der Waals surface area contributed by atoms with Gasteiger partial charge in [-0.05, 0) is 38.8 Å². The van der Waals surface area contributed by atoms with Gasteiger partial charge in [0.15, 0.2) is 5.82 Å². The number of carbonyl (C=O) groups is 1. The third-order valence-corrected chi connectivity index (χ3v) is 4.59. The summed E-state index contributed by atoms with van der Waals surface area (Å²) in [4.78, 5) is 19.0. The Morgan fingerprint density at radius 2 is 2.08 bits per heavy atom. The number of amides is 1. The van der Waals surface area contributed by atoms with E-state index < -0.39 is 5.60 Å². The number of rotatable bonds is 4. The van der Waals surface area contributed by atoms with E-state index in [1.807, 2.05) is 19.1 Å². The highest BCUT2D eigenvalue weighted by Gasteiger charge is 2.38. The monoisotopic (exact) mass is 328 g/mol. The lowest BCUT2D eigenvalue weighted by Crippen LogP contribution is -2.48. The van der Waals surface area contributed by atoms with Crippen LogP contribution in [-0.4, -0.2) is 49.3 Å². The van der Waals surface area contributed by atoms with Gasteiger partial charge in [-0.1, -0.05) is 19.1 Å². The Kier molecular flexibility index (Phi) is 4.41. The Labute approximate surface area is 141 Å². The van der Waals surface area contributed by atoms with E-state index >= 15 is 0 Å². The van der Waals surface area contributed by atoms with Gasteiger partial charge in [-0.3, -0.25) is 9.89 Å². The maximum Gasteiger partial charge on any atom is 0.254 e. The zero-order chi connectivity index (χ0) is 17.3. The molecule has 1 amide bonds. The highest BCUT2D eigenvalue weighted by atomic mass is 16.3. The highest BCUT2D eigenvalue weighted by Crippen LogP contribution is 2.28. The second-order valence-corrected chi connectivity index (χ2v) is 6.85. The van der Waals surface area contributed by atoms with Crippen LogP contribution in [0.25, 0.3) is 11.4 Å². The second kappa shape index (κ2) is 6.36. The zero-order valence-corrected chi connectivity index (χ0v) is 14.4. The molecule has 128 valence electrons. The molecule has 24 heavy (non-hydrogen) atoms. The van der Waals surface area contributed by atoms with Crippen LogP contribution in [0.15, 0.2) is 24.3 Å². The largest absolute Gasteiger partial charge is 0.388 e. The first-order valence-corrected chi connectivity index (χ1v) is 8.45. The van der Waals surface area contributed by atoms with Crippen molar-refractivity contribution in [3.8, 4) is 11.4 Å². The van der Waals surface area contributed by atoms with Crippen molar-refractivity contribution in [1.29, 1.82) is 0 Å². The lowest BCUT2D eigenvalue weighted by Gasteiger charge is -2.33. The lowest BCUT2D eigenvalue weighted by molar-refractivity contribution is 0.000337. The molecule has 0 bridgehead atoms. The van der Waals surface area contributed by atoms with Crippen molar-refractivity contribution >= 4 is 5.91 Å². The van der Waals surface area contributed by atoms with E-state index in [1.165, 1.54) is 0 Å². The third-order valence-electron chi connectivity index (χ3n) is 4.59. The number of nitrogens with zero attached hydrogens (tertiary/aromatic N) is 3. The van der Waals surface area contributed by atoms with E-state index in [9.17, 15) is 9.90 Å². The summed E-state index contributed by atoms with van der Waals surface area (Å²) in [5, 5.41) is 17.4. The Hall–Kier alpha value is -2.21. The summed E-state index contributed by atoms with van der Waals surface area (Å²) >= 11 is 0. The molecule has 1 unspecified atom stereocenters. The summed E-state index contributed by atoms with van der Waals surface area (Å²) in [6.45, 7) is 6.24. The van der Waals surface area contributed by atoms with Crippen molar-refractivity contribution < 1.29 is 9.90 Å². The van der Waals surface area contributed by atoms with Gasteiger partial charge in [0.05, 0.1) is 11.6 Å². The van der Waals surface area contributed by atoms with Crippen LogP contribution in [-0.2, 0) is 6.42 Å². The molecule has 2 N–H and O–H groups in total. The summed E-state index contributed by atoms with van der Waals surface area (Å²) in [7, 11) is 0. The summed E-state index contributed by atoms with van der Waals surface area (Å²) in [6.07, 6.45) is 2.57. The van der Waals surface area contributed by atoms with Crippen LogP contribution in [0.2, 0.25) is 0 Å². The number of aryl methyl sites for hydroxylation is 1. The number of likely N-dealkylation sites (tertiary alicyclic amines) is 1. The van der Waals surface area contributed by atoms with E-state index in [0.29, 0.717) is 17.9 Å². The molecular formula is C18H24N4O2. The summed E-state index contributed by atoms with van der Waals surface area (Å²) in [5.74, 6) is 1.45. The van der Waals surface area contributed by atoms with Crippen molar-refractivity contribution in [3.63, 3.8) is 0 Å². The maximum atomic E-state index is 12.8. The number of hydrogen-bond donors (Lipinski definition) is 2. The summed E-state index contributed by atoms with van der Waals surface area (Å²) < 4.78 is 0. The van der Waals surface area contributed by atoms with Crippen molar-refractivity contribution in [2.45, 2.75) is 51.7 Å². The molecule has 1 aromatic carbocycles. The van der Waals surface area contributed by atoms with Gasteiger partial charge in [-0.15, -0.1) is 0 Å². The van der Waals surface area contributed by atoms with E-state index in [-0.39, 0.29) is 11.9 Å². The molecular weight excluding hydrogens is 304 g/mol. The molecule has 2 heterocycles. The van der Waals surface area contributed by atoms with Gasteiger partial charge in [0, 0.05) is 24.1 Å². The third kappa shape index (κ3) is 3.19. The summed E-state index contributed by atoms with van der Waals surface area (Å²) in [5.41, 5.74) is 0.617. The molecule has 0 spiro atoms. The van der Waals surface area contributed by atoms with Crippen LogP contribution >= 0.6 is 0 Å². The molecule has 6 heteroatoms. The van der Waals surface area contributed by atoms with Crippen molar-refractivity contribution in [2.24, 2.45) is 0 Å².